The third kappa shape index (κ3) is 3.13. The number of hydrogen-bond acceptors (Lipinski definition) is 5. The van der Waals surface area contributed by atoms with Gasteiger partial charge >= 0.3 is 0 Å². The Bertz CT molecular complexity index is 1420. The van der Waals surface area contributed by atoms with Crippen molar-refractivity contribution in [2.75, 3.05) is 12.4 Å². The highest BCUT2D eigenvalue weighted by Gasteiger charge is 2.42. The number of ether oxygens (including phenoxy) is 2. The largest absolute Gasteiger partial charge is 0.496 e. The van der Waals surface area contributed by atoms with Crippen LogP contribution >= 0.6 is 15.9 Å². The standard InChI is InChI=1S/C25H18BrFN4O2/c1-32-19-11-10-14(26)12-17(19)24-21-22(16-7-3-5-9-20(16)33-24)30-25-28-13-29-31(25)23(21)15-6-2-4-8-18(15)27/h2-13,23-24H,1H3,(H,28,29,30)/t23-,24+/m0/s1. The summed E-state index contributed by atoms with van der Waals surface area (Å²) in [4.78, 5) is 4.38. The Balaban J connectivity index is 1.67. The molecule has 164 valence electrons. The fourth-order valence-electron chi connectivity index (χ4n) is 4.58. The van der Waals surface area contributed by atoms with Crippen molar-refractivity contribution in [2.24, 2.45) is 0 Å². The van der Waals surface area contributed by atoms with Crippen molar-refractivity contribution in [1.82, 2.24) is 14.8 Å². The quantitative estimate of drug-likeness (QED) is 0.385. The van der Waals surface area contributed by atoms with E-state index in [-0.39, 0.29) is 5.82 Å². The molecular weight excluding hydrogens is 487 g/mol. The van der Waals surface area contributed by atoms with Crippen LogP contribution in [0.3, 0.4) is 0 Å². The lowest BCUT2D eigenvalue weighted by molar-refractivity contribution is 0.217. The second-order valence-corrected chi connectivity index (χ2v) is 8.70. The van der Waals surface area contributed by atoms with Crippen LogP contribution in [-0.2, 0) is 0 Å². The first-order valence-corrected chi connectivity index (χ1v) is 11.2. The van der Waals surface area contributed by atoms with Gasteiger partial charge in [0, 0.05) is 26.7 Å². The summed E-state index contributed by atoms with van der Waals surface area (Å²) in [6.45, 7) is 0. The van der Waals surface area contributed by atoms with E-state index in [1.807, 2.05) is 48.5 Å². The highest BCUT2D eigenvalue weighted by Crippen LogP contribution is 2.52. The number of aromatic nitrogens is 3. The van der Waals surface area contributed by atoms with E-state index in [4.69, 9.17) is 9.47 Å². The summed E-state index contributed by atoms with van der Waals surface area (Å²) in [5, 5.41) is 7.86. The van der Waals surface area contributed by atoms with Crippen LogP contribution in [0.25, 0.3) is 5.70 Å². The zero-order valence-electron chi connectivity index (χ0n) is 17.5. The van der Waals surface area contributed by atoms with E-state index in [0.717, 1.165) is 32.6 Å². The van der Waals surface area contributed by atoms with Gasteiger partial charge < -0.3 is 14.8 Å². The molecule has 33 heavy (non-hydrogen) atoms. The van der Waals surface area contributed by atoms with Gasteiger partial charge in [-0.15, -0.1) is 0 Å². The number of benzene rings is 3. The summed E-state index contributed by atoms with van der Waals surface area (Å²) in [6.07, 6.45) is 0.910. The molecule has 2 atom stereocenters. The summed E-state index contributed by atoms with van der Waals surface area (Å²) in [5.74, 6) is 1.61. The maximum atomic E-state index is 15.2. The predicted octanol–water partition coefficient (Wildman–Crippen LogP) is 5.75. The Morgan fingerprint density at radius 1 is 1.06 bits per heavy atom. The van der Waals surface area contributed by atoms with Crippen molar-refractivity contribution in [2.45, 2.75) is 12.1 Å². The molecular formula is C25H18BrFN4O2. The van der Waals surface area contributed by atoms with Crippen LogP contribution < -0.4 is 14.8 Å². The molecule has 0 bridgehead atoms. The molecule has 8 heteroatoms. The second-order valence-electron chi connectivity index (χ2n) is 7.79. The van der Waals surface area contributed by atoms with E-state index in [2.05, 4.69) is 31.3 Å². The molecule has 6 rings (SSSR count). The first-order chi connectivity index (χ1) is 16.2. The molecule has 4 aromatic rings. The third-order valence-corrected chi connectivity index (χ3v) is 6.49. The average Bonchev–Trinajstić information content (AvgIpc) is 3.31. The third-order valence-electron chi connectivity index (χ3n) is 6.00. The number of fused-ring (bicyclic) bond motifs is 3. The number of nitrogens with one attached hydrogen (secondary N) is 1. The molecule has 0 amide bonds. The minimum Gasteiger partial charge on any atom is -0.496 e. The van der Waals surface area contributed by atoms with Crippen molar-refractivity contribution < 1.29 is 13.9 Å². The minimum absolute atomic E-state index is 0.323. The zero-order chi connectivity index (χ0) is 22.5. The van der Waals surface area contributed by atoms with E-state index in [1.54, 1.807) is 23.9 Å². The smallest absolute Gasteiger partial charge is 0.226 e. The number of para-hydroxylation sites is 1. The molecule has 0 unspecified atom stereocenters. The van der Waals surface area contributed by atoms with Gasteiger partial charge in [-0.1, -0.05) is 46.3 Å². The molecule has 0 saturated carbocycles. The van der Waals surface area contributed by atoms with Crippen molar-refractivity contribution >= 4 is 27.6 Å². The summed E-state index contributed by atoms with van der Waals surface area (Å²) in [7, 11) is 1.63. The first-order valence-electron chi connectivity index (χ1n) is 10.4. The molecule has 2 aliphatic heterocycles. The molecule has 1 N–H and O–H groups in total. The molecule has 1 aromatic heterocycles. The van der Waals surface area contributed by atoms with Crippen LogP contribution in [0.15, 0.2) is 83.1 Å². The molecule has 0 saturated heterocycles. The fourth-order valence-corrected chi connectivity index (χ4v) is 4.96. The summed E-state index contributed by atoms with van der Waals surface area (Å²) < 4.78 is 30.0. The molecule has 0 aliphatic carbocycles. The van der Waals surface area contributed by atoms with E-state index >= 15 is 4.39 Å². The van der Waals surface area contributed by atoms with Crippen LogP contribution in [-0.4, -0.2) is 21.9 Å². The molecule has 3 aromatic carbocycles. The number of nitrogens with zero attached hydrogens (tertiary/aromatic N) is 3. The van der Waals surface area contributed by atoms with Crippen molar-refractivity contribution in [3.63, 3.8) is 0 Å². The van der Waals surface area contributed by atoms with Crippen molar-refractivity contribution in [3.8, 4) is 11.5 Å². The minimum atomic E-state index is -0.568. The van der Waals surface area contributed by atoms with Gasteiger partial charge in [0.2, 0.25) is 5.95 Å². The van der Waals surface area contributed by atoms with Gasteiger partial charge in [0.15, 0.2) is 6.10 Å². The van der Waals surface area contributed by atoms with E-state index in [0.29, 0.717) is 17.3 Å². The molecule has 2 aliphatic rings. The molecule has 6 nitrogen and oxygen atoms in total. The van der Waals surface area contributed by atoms with Crippen molar-refractivity contribution in [1.29, 1.82) is 0 Å². The molecule has 0 fully saturated rings. The fraction of sp³-hybridized carbons (Fsp3) is 0.120. The highest BCUT2D eigenvalue weighted by atomic mass is 79.9. The Kier molecular flexibility index (Phi) is 4.69. The van der Waals surface area contributed by atoms with Crippen LogP contribution in [0.2, 0.25) is 0 Å². The monoisotopic (exact) mass is 504 g/mol. The highest BCUT2D eigenvalue weighted by molar-refractivity contribution is 9.10. The molecule has 0 spiro atoms. The Hall–Kier alpha value is -3.65. The first kappa shape index (κ1) is 20.0. The maximum Gasteiger partial charge on any atom is 0.226 e. The van der Waals surface area contributed by atoms with Crippen LogP contribution in [0.5, 0.6) is 11.5 Å². The summed E-state index contributed by atoms with van der Waals surface area (Å²) >= 11 is 3.57. The zero-order valence-corrected chi connectivity index (χ0v) is 19.1. The number of methoxy groups -OCH3 is 1. The van der Waals surface area contributed by atoms with Gasteiger partial charge in [-0.3, -0.25) is 0 Å². The van der Waals surface area contributed by atoms with Crippen molar-refractivity contribution in [3.05, 3.63) is 106 Å². The molecule has 3 heterocycles. The number of hydrogen-bond donors (Lipinski definition) is 1. The summed E-state index contributed by atoms with van der Waals surface area (Å²) in [5.41, 5.74) is 3.85. The lowest BCUT2D eigenvalue weighted by atomic mass is 9.84. The SMILES string of the molecule is COc1ccc(Br)cc1[C@H]1Oc2ccccc2C2=C1[C@H](c1ccccc1F)n1ncnc1N2. The van der Waals surface area contributed by atoms with E-state index < -0.39 is 12.1 Å². The van der Waals surface area contributed by atoms with Gasteiger partial charge in [-0.05, 0) is 36.4 Å². The summed E-state index contributed by atoms with van der Waals surface area (Å²) in [6, 6.07) is 19.7. The number of anilines is 1. The van der Waals surface area contributed by atoms with E-state index in [9.17, 15) is 0 Å². The number of rotatable bonds is 3. The van der Waals surface area contributed by atoms with Gasteiger partial charge in [-0.25, -0.2) is 9.07 Å². The maximum absolute atomic E-state index is 15.2. The van der Waals surface area contributed by atoms with Gasteiger partial charge in [-0.2, -0.15) is 10.1 Å². The van der Waals surface area contributed by atoms with Gasteiger partial charge in [0.05, 0.1) is 12.8 Å². The van der Waals surface area contributed by atoms with E-state index in [1.165, 1.54) is 12.4 Å². The lowest BCUT2D eigenvalue weighted by Gasteiger charge is -2.39. The van der Waals surface area contributed by atoms with Crippen LogP contribution in [0, 0.1) is 5.82 Å². The Labute approximate surface area is 197 Å². The second kappa shape index (κ2) is 7.74. The normalized spacial score (nSPS) is 18.5. The topological polar surface area (TPSA) is 61.2 Å². The van der Waals surface area contributed by atoms with Gasteiger partial charge in [0.25, 0.3) is 0 Å². The lowest BCUT2D eigenvalue weighted by Crippen LogP contribution is -2.33. The van der Waals surface area contributed by atoms with Crippen LogP contribution in [0.1, 0.15) is 28.8 Å². The van der Waals surface area contributed by atoms with Crippen LogP contribution in [0.4, 0.5) is 10.3 Å². The Morgan fingerprint density at radius 2 is 1.88 bits per heavy atom. The Morgan fingerprint density at radius 3 is 2.73 bits per heavy atom. The predicted molar refractivity (Wildman–Crippen MR) is 126 cm³/mol. The average molecular weight is 505 g/mol. The molecule has 0 radical (unpaired) electrons. The number of halogens is 2. The van der Waals surface area contributed by atoms with Gasteiger partial charge in [0.1, 0.15) is 29.7 Å².